The van der Waals surface area contributed by atoms with Gasteiger partial charge in [0.25, 0.3) is 0 Å². The van der Waals surface area contributed by atoms with Gasteiger partial charge in [0.1, 0.15) is 0 Å². The Bertz CT molecular complexity index is 732. The molecule has 0 aliphatic heterocycles. The number of hydrogen-bond donors (Lipinski definition) is 3. The van der Waals surface area contributed by atoms with Crippen molar-refractivity contribution < 1.29 is 24.5 Å². The van der Waals surface area contributed by atoms with Crippen molar-refractivity contribution in [3.05, 3.63) is 0 Å². The van der Waals surface area contributed by atoms with Crippen molar-refractivity contribution in [2.24, 2.45) is 0 Å². The first-order valence-electron chi connectivity index (χ1n) is 23.3. The van der Waals surface area contributed by atoms with Gasteiger partial charge in [-0.1, -0.05) is 219 Å². The molecular formula is C46H91NO5. The molecule has 0 aliphatic rings. The average molecular weight is 738 g/mol. The van der Waals surface area contributed by atoms with Crippen LogP contribution in [0.5, 0.6) is 0 Å². The van der Waals surface area contributed by atoms with Crippen LogP contribution in [0.2, 0.25) is 0 Å². The number of ether oxygens (including phenoxy) is 1. The molecule has 0 fully saturated rings. The Morgan fingerprint density at radius 3 is 1.17 bits per heavy atom. The summed E-state index contributed by atoms with van der Waals surface area (Å²) in [7, 11) is 0. The van der Waals surface area contributed by atoms with Crippen molar-refractivity contribution in [1.29, 1.82) is 0 Å². The van der Waals surface area contributed by atoms with Crippen LogP contribution in [0.4, 0.5) is 0 Å². The average Bonchev–Trinajstić information content (AvgIpc) is 3.14. The van der Waals surface area contributed by atoms with Crippen LogP contribution >= 0.6 is 0 Å². The third kappa shape index (κ3) is 38.6. The zero-order chi connectivity index (χ0) is 38.0. The third-order valence-electron chi connectivity index (χ3n) is 10.9. The lowest BCUT2D eigenvalue weighted by molar-refractivity contribution is -0.143. The Morgan fingerprint density at radius 1 is 0.462 bits per heavy atom. The summed E-state index contributed by atoms with van der Waals surface area (Å²) in [5.41, 5.74) is 0. The summed E-state index contributed by atoms with van der Waals surface area (Å²) in [4.78, 5) is 24.4. The maximum atomic E-state index is 12.4. The minimum atomic E-state index is -0.679. The van der Waals surface area contributed by atoms with Gasteiger partial charge >= 0.3 is 5.97 Å². The molecular weight excluding hydrogens is 647 g/mol. The molecule has 0 bridgehead atoms. The van der Waals surface area contributed by atoms with Gasteiger partial charge in [0.15, 0.2) is 0 Å². The van der Waals surface area contributed by atoms with E-state index >= 15 is 0 Å². The Balaban J connectivity index is 3.50. The van der Waals surface area contributed by atoms with E-state index in [2.05, 4.69) is 19.2 Å². The molecule has 0 saturated carbocycles. The first-order valence-corrected chi connectivity index (χ1v) is 23.3. The summed E-state index contributed by atoms with van der Waals surface area (Å²) in [6, 6.07) is -0.558. The third-order valence-corrected chi connectivity index (χ3v) is 10.9. The van der Waals surface area contributed by atoms with E-state index in [-0.39, 0.29) is 18.5 Å². The van der Waals surface area contributed by atoms with E-state index in [1.54, 1.807) is 0 Å². The van der Waals surface area contributed by atoms with Crippen LogP contribution in [0.1, 0.15) is 258 Å². The Hall–Kier alpha value is -1.14. The number of carbonyl (C=O) groups excluding carboxylic acids is 2. The highest BCUT2D eigenvalue weighted by atomic mass is 16.5. The molecule has 0 aromatic carbocycles. The highest BCUT2D eigenvalue weighted by molar-refractivity contribution is 5.76. The van der Waals surface area contributed by atoms with Crippen LogP contribution in [-0.2, 0) is 14.3 Å². The Kier molecular flexibility index (Phi) is 41.7. The molecule has 3 N–H and O–H groups in total. The highest BCUT2D eigenvalue weighted by Gasteiger charge is 2.20. The van der Waals surface area contributed by atoms with E-state index in [0.29, 0.717) is 25.9 Å². The van der Waals surface area contributed by atoms with Crippen LogP contribution < -0.4 is 5.32 Å². The van der Waals surface area contributed by atoms with Crippen LogP contribution in [0.25, 0.3) is 0 Å². The van der Waals surface area contributed by atoms with E-state index in [4.69, 9.17) is 4.74 Å². The predicted octanol–water partition coefficient (Wildman–Crippen LogP) is 13.2. The summed E-state index contributed by atoms with van der Waals surface area (Å²) in [6.45, 7) is 4.89. The van der Waals surface area contributed by atoms with E-state index < -0.39 is 12.1 Å². The molecule has 2 atom stereocenters. The zero-order valence-electron chi connectivity index (χ0n) is 35.1. The highest BCUT2D eigenvalue weighted by Crippen LogP contribution is 2.16. The normalized spacial score (nSPS) is 12.6. The lowest BCUT2D eigenvalue weighted by Gasteiger charge is -2.22. The monoisotopic (exact) mass is 738 g/mol. The Morgan fingerprint density at radius 2 is 0.788 bits per heavy atom. The number of aliphatic hydroxyl groups excluding tert-OH is 2. The van der Waals surface area contributed by atoms with E-state index in [9.17, 15) is 19.8 Å². The SMILES string of the molecule is CCCCCCCCCCCCCCCCCC(O)C(CO)NC(=O)CCCCCCCCCCCOC(=O)CCCCCCCCCCCCC. The second kappa shape index (κ2) is 42.6. The quantitative estimate of drug-likeness (QED) is 0.0428. The maximum absolute atomic E-state index is 12.4. The second-order valence-corrected chi connectivity index (χ2v) is 16.1. The molecule has 0 spiro atoms. The first kappa shape index (κ1) is 50.9. The van der Waals surface area contributed by atoms with Crippen molar-refractivity contribution in [3.8, 4) is 0 Å². The van der Waals surface area contributed by atoms with Gasteiger partial charge in [-0.2, -0.15) is 0 Å². The molecule has 2 unspecified atom stereocenters. The molecule has 6 heteroatoms. The van der Waals surface area contributed by atoms with E-state index in [1.807, 2.05) is 0 Å². The summed E-state index contributed by atoms with van der Waals surface area (Å²) < 4.78 is 5.43. The maximum Gasteiger partial charge on any atom is 0.305 e. The smallest absolute Gasteiger partial charge is 0.305 e. The summed E-state index contributed by atoms with van der Waals surface area (Å²) >= 11 is 0. The molecule has 0 aliphatic carbocycles. The van der Waals surface area contributed by atoms with Gasteiger partial charge in [0, 0.05) is 12.8 Å². The van der Waals surface area contributed by atoms with Gasteiger partial charge in [-0.25, -0.2) is 0 Å². The van der Waals surface area contributed by atoms with Gasteiger partial charge in [0.2, 0.25) is 5.91 Å². The number of carbonyl (C=O) groups is 2. The predicted molar refractivity (Wildman–Crippen MR) is 223 cm³/mol. The van der Waals surface area contributed by atoms with Crippen LogP contribution in [-0.4, -0.2) is 47.4 Å². The molecule has 1 amide bonds. The number of unbranched alkanes of at least 4 members (excludes halogenated alkanes) is 32. The number of aliphatic hydroxyl groups is 2. The number of rotatable bonds is 43. The van der Waals surface area contributed by atoms with Gasteiger partial charge < -0.3 is 20.3 Å². The largest absolute Gasteiger partial charge is 0.466 e. The number of hydrogen-bond acceptors (Lipinski definition) is 5. The number of nitrogens with one attached hydrogen (secondary N) is 1. The zero-order valence-corrected chi connectivity index (χ0v) is 35.1. The number of amides is 1. The minimum absolute atomic E-state index is 0.0249. The Labute approximate surface area is 324 Å². The van der Waals surface area contributed by atoms with Gasteiger partial charge in [0.05, 0.1) is 25.4 Å². The summed E-state index contributed by atoms with van der Waals surface area (Å²) in [6.07, 6.45) is 44.8. The lowest BCUT2D eigenvalue weighted by Crippen LogP contribution is -2.45. The molecule has 6 nitrogen and oxygen atoms in total. The molecule has 0 aromatic rings. The molecule has 0 saturated heterocycles. The second-order valence-electron chi connectivity index (χ2n) is 16.1. The molecule has 310 valence electrons. The summed E-state index contributed by atoms with van der Waals surface area (Å²) in [5.74, 6) is -0.0860. The fraction of sp³-hybridized carbons (Fsp3) is 0.957. The molecule has 0 radical (unpaired) electrons. The van der Waals surface area contributed by atoms with Crippen molar-refractivity contribution in [2.75, 3.05) is 13.2 Å². The van der Waals surface area contributed by atoms with Gasteiger partial charge in [-0.05, 0) is 25.7 Å². The van der Waals surface area contributed by atoms with Crippen LogP contribution in [0.3, 0.4) is 0 Å². The fourth-order valence-electron chi connectivity index (χ4n) is 7.29. The van der Waals surface area contributed by atoms with Crippen LogP contribution in [0.15, 0.2) is 0 Å². The van der Waals surface area contributed by atoms with Gasteiger partial charge in [-0.15, -0.1) is 0 Å². The molecule has 0 heterocycles. The van der Waals surface area contributed by atoms with Crippen LogP contribution in [0, 0.1) is 0 Å². The van der Waals surface area contributed by atoms with E-state index in [1.165, 1.54) is 167 Å². The molecule has 52 heavy (non-hydrogen) atoms. The van der Waals surface area contributed by atoms with Crippen molar-refractivity contribution in [1.82, 2.24) is 5.32 Å². The topological polar surface area (TPSA) is 95.9 Å². The molecule has 0 aromatic heterocycles. The van der Waals surface area contributed by atoms with Crippen molar-refractivity contribution >= 4 is 11.9 Å². The standard InChI is InChI=1S/C46H91NO5/c1-3-5-7-9-11-13-15-16-17-18-20-22-26-30-34-38-44(49)43(42-48)47-45(50)39-35-31-27-23-21-25-29-33-37-41-52-46(51)40-36-32-28-24-19-14-12-10-8-6-4-2/h43-44,48-49H,3-42H2,1-2H3,(H,47,50). The van der Waals surface area contributed by atoms with E-state index in [0.717, 1.165) is 57.8 Å². The summed E-state index contributed by atoms with van der Waals surface area (Å²) in [5, 5.41) is 23.2. The minimum Gasteiger partial charge on any atom is -0.466 e. The first-order chi connectivity index (χ1) is 25.5. The fourth-order valence-corrected chi connectivity index (χ4v) is 7.29. The lowest BCUT2D eigenvalue weighted by atomic mass is 10.0. The molecule has 0 rings (SSSR count). The van der Waals surface area contributed by atoms with Crippen molar-refractivity contribution in [2.45, 2.75) is 270 Å². The van der Waals surface area contributed by atoms with Crippen molar-refractivity contribution in [3.63, 3.8) is 0 Å². The van der Waals surface area contributed by atoms with Gasteiger partial charge in [-0.3, -0.25) is 9.59 Å². The number of esters is 1.